The second kappa shape index (κ2) is 4.38. The van der Waals surface area contributed by atoms with Gasteiger partial charge in [0.25, 0.3) is 0 Å². The van der Waals surface area contributed by atoms with E-state index in [1.165, 1.54) is 11.8 Å². The van der Waals surface area contributed by atoms with E-state index in [9.17, 15) is 0 Å². The second-order valence-electron chi connectivity index (χ2n) is 3.81. The summed E-state index contributed by atoms with van der Waals surface area (Å²) in [5, 5.41) is 13.4. The summed E-state index contributed by atoms with van der Waals surface area (Å²) in [4.78, 5) is 4.53. The highest BCUT2D eigenvalue weighted by molar-refractivity contribution is 7.98. The smallest absolute Gasteiger partial charge is 0.205 e. The van der Waals surface area contributed by atoms with Crippen LogP contribution < -0.4 is 0 Å². The van der Waals surface area contributed by atoms with E-state index in [1.54, 1.807) is 4.52 Å². The molecule has 0 saturated carbocycles. The monoisotopic (exact) mass is 257 g/mol. The molecule has 1 aromatic carbocycles. The van der Waals surface area contributed by atoms with E-state index < -0.39 is 0 Å². The average molecular weight is 257 g/mol. The SMILES string of the molecule is CSc1nnc(C)c2nc(-c3ccccc3)nn12. The molecule has 0 radical (unpaired) electrons. The maximum atomic E-state index is 4.53. The van der Waals surface area contributed by atoms with Crippen LogP contribution >= 0.6 is 11.8 Å². The molecule has 18 heavy (non-hydrogen) atoms. The van der Waals surface area contributed by atoms with Gasteiger partial charge in [0.15, 0.2) is 11.5 Å². The fraction of sp³-hybridized carbons (Fsp3) is 0.167. The number of fused-ring (bicyclic) bond motifs is 1. The zero-order valence-corrected chi connectivity index (χ0v) is 10.8. The summed E-state index contributed by atoms with van der Waals surface area (Å²) < 4.78 is 1.75. The number of hydrogen-bond donors (Lipinski definition) is 0. The highest BCUT2D eigenvalue weighted by Gasteiger charge is 2.12. The predicted molar refractivity (Wildman–Crippen MR) is 70.5 cm³/mol. The average Bonchev–Trinajstić information content (AvgIpc) is 2.86. The summed E-state index contributed by atoms with van der Waals surface area (Å²) in [5.41, 5.74) is 2.53. The zero-order chi connectivity index (χ0) is 12.5. The molecule has 3 rings (SSSR count). The van der Waals surface area contributed by atoms with Crippen LogP contribution in [0.3, 0.4) is 0 Å². The van der Waals surface area contributed by atoms with Crippen molar-refractivity contribution in [1.29, 1.82) is 0 Å². The Morgan fingerprint density at radius 3 is 2.61 bits per heavy atom. The van der Waals surface area contributed by atoms with Crippen molar-refractivity contribution < 1.29 is 0 Å². The number of nitrogens with zero attached hydrogens (tertiary/aromatic N) is 5. The molecule has 6 heteroatoms. The fourth-order valence-electron chi connectivity index (χ4n) is 1.72. The van der Waals surface area contributed by atoms with Crippen LogP contribution in [0, 0.1) is 6.92 Å². The minimum absolute atomic E-state index is 0.698. The van der Waals surface area contributed by atoms with Gasteiger partial charge in [-0.2, -0.15) is 4.52 Å². The molecule has 0 aliphatic carbocycles. The summed E-state index contributed by atoms with van der Waals surface area (Å²) in [6.45, 7) is 1.88. The van der Waals surface area contributed by atoms with Gasteiger partial charge in [0.05, 0.1) is 0 Å². The molecule has 5 nitrogen and oxygen atoms in total. The van der Waals surface area contributed by atoms with E-state index in [4.69, 9.17) is 0 Å². The first-order valence-corrected chi connectivity index (χ1v) is 6.71. The molecular weight excluding hydrogens is 246 g/mol. The normalized spacial score (nSPS) is 11.0. The second-order valence-corrected chi connectivity index (χ2v) is 4.58. The molecule has 0 bridgehead atoms. The van der Waals surface area contributed by atoms with Crippen LogP contribution in [-0.2, 0) is 0 Å². The van der Waals surface area contributed by atoms with Crippen molar-refractivity contribution in [2.24, 2.45) is 0 Å². The molecule has 0 fully saturated rings. The number of aromatic nitrogens is 5. The van der Waals surface area contributed by atoms with Gasteiger partial charge in [-0.15, -0.1) is 15.3 Å². The molecule has 3 aromatic rings. The van der Waals surface area contributed by atoms with E-state index >= 15 is 0 Å². The molecule has 2 heterocycles. The molecular formula is C12H11N5S. The van der Waals surface area contributed by atoms with Crippen molar-refractivity contribution in [3.05, 3.63) is 36.0 Å². The lowest BCUT2D eigenvalue weighted by Gasteiger charge is -1.98. The van der Waals surface area contributed by atoms with E-state index in [-0.39, 0.29) is 0 Å². The largest absolute Gasteiger partial charge is 0.212 e. The minimum atomic E-state index is 0.698. The van der Waals surface area contributed by atoms with Crippen LogP contribution in [-0.4, -0.2) is 31.1 Å². The van der Waals surface area contributed by atoms with Crippen LogP contribution in [0.15, 0.2) is 35.5 Å². The molecule has 0 atom stereocenters. The zero-order valence-electron chi connectivity index (χ0n) is 10.0. The van der Waals surface area contributed by atoms with E-state index in [1.807, 2.05) is 43.5 Å². The Morgan fingerprint density at radius 1 is 1.11 bits per heavy atom. The maximum absolute atomic E-state index is 4.53. The van der Waals surface area contributed by atoms with Gasteiger partial charge >= 0.3 is 0 Å². The van der Waals surface area contributed by atoms with Gasteiger partial charge in [-0.25, -0.2) is 4.98 Å². The Labute approximate surface area is 108 Å². The summed E-state index contributed by atoms with van der Waals surface area (Å²) in [5.74, 6) is 0.698. The van der Waals surface area contributed by atoms with Crippen molar-refractivity contribution in [3.8, 4) is 11.4 Å². The highest BCUT2D eigenvalue weighted by atomic mass is 32.2. The quantitative estimate of drug-likeness (QED) is 0.659. The lowest BCUT2D eigenvalue weighted by atomic mass is 10.2. The predicted octanol–water partition coefficient (Wildman–Crippen LogP) is 2.22. The third-order valence-electron chi connectivity index (χ3n) is 2.61. The van der Waals surface area contributed by atoms with Crippen LogP contribution in [0.5, 0.6) is 0 Å². The first kappa shape index (κ1) is 11.2. The van der Waals surface area contributed by atoms with Crippen LogP contribution in [0.1, 0.15) is 5.69 Å². The number of aryl methyl sites for hydroxylation is 1. The van der Waals surface area contributed by atoms with Gasteiger partial charge in [0.2, 0.25) is 5.16 Å². The van der Waals surface area contributed by atoms with Crippen molar-refractivity contribution in [2.75, 3.05) is 6.26 Å². The molecule has 0 aliphatic heterocycles. The number of hydrogen-bond acceptors (Lipinski definition) is 5. The van der Waals surface area contributed by atoms with Gasteiger partial charge in [0.1, 0.15) is 5.69 Å². The molecule has 0 N–H and O–H groups in total. The molecule has 0 amide bonds. The van der Waals surface area contributed by atoms with E-state index in [0.29, 0.717) is 5.82 Å². The highest BCUT2D eigenvalue weighted by Crippen LogP contribution is 2.19. The van der Waals surface area contributed by atoms with Gasteiger partial charge in [-0.3, -0.25) is 0 Å². The van der Waals surface area contributed by atoms with E-state index in [2.05, 4.69) is 20.3 Å². The summed E-state index contributed by atoms with van der Waals surface area (Å²) in [7, 11) is 0. The third-order valence-corrected chi connectivity index (χ3v) is 3.23. The summed E-state index contributed by atoms with van der Waals surface area (Å²) in [6, 6.07) is 9.90. The van der Waals surface area contributed by atoms with Crippen LogP contribution in [0.2, 0.25) is 0 Å². The molecule has 0 saturated heterocycles. The summed E-state index contributed by atoms with van der Waals surface area (Å²) >= 11 is 1.50. The first-order chi connectivity index (χ1) is 8.79. The number of rotatable bonds is 2. The van der Waals surface area contributed by atoms with Crippen LogP contribution in [0.25, 0.3) is 17.0 Å². The van der Waals surface area contributed by atoms with Crippen molar-refractivity contribution in [1.82, 2.24) is 24.8 Å². The van der Waals surface area contributed by atoms with Crippen molar-refractivity contribution >= 4 is 17.4 Å². The van der Waals surface area contributed by atoms with Crippen molar-refractivity contribution in [3.63, 3.8) is 0 Å². The lowest BCUT2D eigenvalue weighted by Crippen LogP contribution is -2.01. The minimum Gasteiger partial charge on any atom is -0.205 e. The summed E-state index contributed by atoms with van der Waals surface area (Å²) in [6.07, 6.45) is 1.95. The Kier molecular flexibility index (Phi) is 2.71. The Balaban J connectivity index is 2.25. The fourth-order valence-corrected chi connectivity index (χ4v) is 2.14. The van der Waals surface area contributed by atoms with Gasteiger partial charge in [0, 0.05) is 5.56 Å². The molecule has 0 aliphatic rings. The molecule has 90 valence electrons. The Bertz CT molecular complexity index is 692. The topological polar surface area (TPSA) is 56.0 Å². The molecule has 0 spiro atoms. The van der Waals surface area contributed by atoms with E-state index in [0.717, 1.165) is 22.1 Å². The third kappa shape index (κ3) is 1.74. The number of benzene rings is 1. The Hall–Kier alpha value is -1.95. The van der Waals surface area contributed by atoms with Gasteiger partial charge < -0.3 is 0 Å². The first-order valence-electron chi connectivity index (χ1n) is 5.49. The maximum Gasteiger partial charge on any atom is 0.212 e. The van der Waals surface area contributed by atoms with Crippen LogP contribution in [0.4, 0.5) is 0 Å². The Morgan fingerprint density at radius 2 is 1.89 bits per heavy atom. The molecule has 0 unspecified atom stereocenters. The van der Waals surface area contributed by atoms with Gasteiger partial charge in [-0.1, -0.05) is 42.1 Å². The number of thioether (sulfide) groups is 1. The van der Waals surface area contributed by atoms with Gasteiger partial charge in [-0.05, 0) is 13.2 Å². The van der Waals surface area contributed by atoms with Crippen molar-refractivity contribution in [2.45, 2.75) is 12.1 Å². The standard InChI is InChI=1S/C12H11N5S/c1-8-11-13-10(9-6-4-3-5-7-9)16-17(11)12(18-2)15-14-8/h3-7H,1-2H3. The lowest BCUT2D eigenvalue weighted by molar-refractivity contribution is 0.728. The molecule has 2 aromatic heterocycles.